The fourth-order valence-electron chi connectivity index (χ4n) is 5.70. The van der Waals surface area contributed by atoms with Crippen LogP contribution in [0.3, 0.4) is 0 Å². The van der Waals surface area contributed by atoms with Crippen LogP contribution in [0.25, 0.3) is 0 Å². The van der Waals surface area contributed by atoms with Crippen LogP contribution < -0.4 is 0 Å². The van der Waals surface area contributed by atoms with Gasteiger partial charge < -0.3 is 18.9 Å². The maximum Gasteiger partial charge on any atom is 0.327 e. The van der Waals surface area contributed by atoms with Crippen molar-refractivity contribution in [2.24, 2.45) is 45.3 Å². The van der Waals surface area contributed by atoms with E-state index >= 15 is 0 Å². The Bertz CT molecular complexity index is 1110. The molecule has 0 aromatic heterocycles. The molecule has 0 amide bonds. The molecule has 1 aliphatic heterocycles. The molecule has 9 heteroatoms. The molecule has 0 N–H and O–H groups in total. The van der Waals surface area contributed by atoms with Gasteiger partial charge in [0.05, 0.1) is 28.4 Å². The van der Waals surface area contributed by atoms with Gasteiger partial charge in [0.25, 0.3) is 0 Å². The van der Waals surface area contributed by atoms with E-state index in [-0.39, 0.29) is 58.9 Å². The predicted molar refractivity (Wildman–Crippen MR) is 177 cm³/mol. The largest absolute Gasteiger partial charge is 0.463 e. The van der Waals surface area contributed by atoms with Gasteiger partial charge in [-0.25, -0.2) is 0 Å². The van der Waals surface area contributed by atoms with Gasteiger partial charge in [-0.15, -0.1) is 0 Å². The molecule has 0 spiro atoms. The summed E-state index contributed by atoms with van der Waals surface area (Å²) in [5, 5.41) is 9.31. The third-order valence-corrected chi connectivity index (χ3v) is 10.2. The van der Waals surface area contributed by atoms with Crippen molar-refractivity contribution in [2.75, 3.05) is 0 Å². The summed E-state index contributed by atoms with van der Waals surface area (Å²) in [7, 11) is 0. The van der Waals surface area contributed by atoms with Crippen molar-refractivity contribution >= 4 is 23.9 Å². The maximum atomic E-state index is 12.2. The number of hydrogen-bond acceptors (Lipinski definition) is 9. The van der Waals surface area contributed by atoms with Gasteiger partial charge in [-0.3, -0.25) is 19.2 Å². The second kappa shape index (κ2) is 16.0. The summed E-state index contributed by atoms with van der Waals surface area (Å²) >= 11 is 0. The van der Waals surface area contributed by atoms with Crippen molar-refractivity contribution in [3.8, 4) is 6.07 Å². The molecule has 0 aromatic carbocycles. The number of hydrogen-bond donors (Lipinski definition) is 0. The Morgan fingerprint density at radius 3 is 1.65 bits per heavy atom. The van der Waals surface area contributed by atoms with E-state index in [0.717, 1.165) is 19.3 Å². The van der Waals surface area contributed by atoms with Crippen LogP contribution in [0.5, 0.6) is 0 Å². The standard InChI is InChI=1S/C15H19NO4.C13H26O2.C9H18O2/c1-4-14(2,3)12(17)19-10-8-5-9-11(10)20-13(18)15(9,6-8)7-16;1-8-13(6,7)12(14)15-11(9(2)3)10(4)5;1-6-9(4,5)8(10)11-7(2)3/h8-11H,4-6H2,1-3H3;9-11H,8H2,1-7H3;7H,6H2,1-5H3. The number of carbonyl (C=O) groups is 4. The molecule has 0 aromatic rings. The minimum atomic E-state index is -0.974. The van der Waals surface area contributed by atoms with E-state index in [0.29, 0.717) is 24.7 Å². The molecule has 2 saturated carbocycles. The first-order valence-corrected chi connectivity index (χ1v) is 17.2. The maximum absolute atomic E-state index is 12.2. The van der Waals surface area contributed by atoms with Crippen LogP contribution in [0, 0.1) is 56.7 Å². The average molecular weight is 650 g/mol. The van der Waals surface area contributed by atoms with Crippen LogP contribution >= 0.6 is 0 Å². The smallest absolute Gasteiger partial charge is 0.327 e. The van der Waals surface area contributed by atoms with E-state index in [4.69, 9.17) is 18.9 Å². The number of esters is 4. The molecule has 1 heterocycles. The topological polar surface area (TPSA) is 129 Å². The molecule has 264 valence electrons. The van der Waals surface area contributed by atoms with Gasteiger partial charge in [-0.05, 0) is 99.3 Å². The highest BCUT2D eigenvalue weighted by atomic mass is 16.6. The monoisotopic (exact) mass is 649 g/mol. The SMILES string of the molecule is CCC(C)(C)C(=O)OC(C(C)C)C(C)C.CCC(C)(C)C(=O)OC(C)C.CCC(C)(C)C(=O)OC1C2CC3C1OC(=O)C3(C#N)C2. The van der Waals surface area contributed by atoms with Gasteiger partial charge in [0.2, 0.25) is 0 Å². The number of fused-ring (bicyclic) bond motifs is 1. The van der Waals surface area contributed by atoms with Crippen molar-refractivity contribution in [3.63, 3.8) is 0 Å². The molecule has 46 heavy (non-hydrogen) atoms. The zero-order chi connectivity index (χ0) is 36.0. The summed E-state index contributed by atoms with van der Waals surface area (Å²) in [6, 6.07) is 2.15. The van der Waals surface area contributed by atoms with Crippen LogP contribution in [0.15, 0.2) is 0 Å². The van der Waals surface area contributed by atoms with Gasteiger partial charge in [0.1, 0.15) is 18.3 Å². The molecule has 3 aliphatic rings. The van der Waals surface area contributed by atoms with Gasteiger partial charge in [0, 0.05) is 11.8 Å². The molecular weight excluding hydrogens is 586 g/mol. The minimum absolute atomic E-state index is 0.00618. The summed E-state index contributed by atoms with van der Waals surface area (Å²) < 4.78 is 21.7. The number of ether oxygens (including phenoxy) is 4. The van der Waals surface area contributed by atoms with Crippen LogP contribution in [0.4, 0.5) is 0 Å². The summed E-state index contributed by atoms with van der Waals surface area (Å²) in [5.74, 6) is -0.121. The first-order chi connectivity index (χ1) is 21.0. The second-order valence-electron chi connectivity index (χ2n) is 16.2. The lowest BCUT2D eigenvalue weighted by Crippen LogP contribution is -2.42. The molecule has 1 saturated heterocycles. The van der Waals surface area contributed by atoms with Crippen LogP contribution in [0.2, 0.25) is 0 Å². The van der Waals surface area contributed by atoms with Crippen LogP contribution in [-0.2, 0) is 38.1 Å². The minimum Gasteiger partial charge on any atom is -0.463 e. The zero-order valence-corrected chi connectivity index (χ0v) is 31.4. The molecule has 5 atom stereocenters. The lowest BCUT2D eigenvalue weighted by molar-refractivity contribution is -0.170. The molecule has 0 radical (unpaired) electrons. The van der Waals surface area contributed by atoms with Crippen molar-refractivity contribution in [3.05, 3.63) is 0 Å². The number of rotatable bonds is 11. The molecule has 3 fully saturated rings. The Balaban J connectivity index is 0.000000364. The quantitative estimate of drug-likeness (QED) is 0.162. The Morgan fingerprint density at radius 2 is 1.26 bits per heavy atom. The van der Waals surface area contributed by atoms with Gasteiger partial charge >= 0.3 is 23.9 Å². The summed E-state index contributed by atoms with van der Waals surface area (Å²) in [6.07, 6.45) is 2.77. The highest BCUT2D eigenvalue weighted by Gasteiger charge is 2.72. The van der Waals surface area contributed by atoms with Crippen molar-refractivity contribution in [1.29, 1.82) is 5.26 Å². The van der Waals surface area contributed by atoms with Crippen molar-refractivity contribution in [2.45, 2.75) is 160 Å². The highest BCUT2D eigenvalue weighted by Crippen LogP contribution is 2.62. The predicted octanol–water partition coefficient (Wildman–Crippen LogP) is 7.83. The van der Waals surface area contributed by atoms with E-state index in [1.54, 1.807) is 0 Å². The Hall–Kier alpha value is -2.63. The lowest BCUT2D eigenvalue weighted by Gasteiger charge is -2.30. The van der Waals surface area contributed by atoms with E-state index < -0.39 is 22.9 Å². The van der Waals surface area contributed by atoms with E-state index in [1.807, 2.05) is 76.2 Å². The zero-order valence-electron chi connectivity index (χ0n) is 31.4. The number of carbonyl (C=O) groups excluding carboxylic acids is 4. The second-order valence-corrected chi connectivity index (χ2v) is 16.2. The van der Waals surface area contributed by atoms with Gasteiger partial charge in [-0.1, -0.05) is 48.5 Å². The van der Waals surface area contributed by atoms with Gasteiger partial charge in [0.15, 0.2) is 5.41 Å². The normalized spacial score (nSPS) is 25.0. The lowest BCUT2D eigenvalue weighted by atomic mass is 9.74. The van der Waals surface area contributed by atoms with E-state index in [2.05, 4.69) is 33.8 Å². The fourth-order valence-corrected chi connectivity index (χ4v) is 5.70. The molecule has 2 aliphatic carbocycles. The van der Waals surface area contributed by atoms with E-state index in [1.165, 1.54) is 0 Å². The first kappa shape index (κ1) is 41.4. The molecule has 5 unspecified atom stereocenters. The molecule has 2 bridgehead atoms. The van der Waals surface area contributed by atoms with Gasteiger partial charge in [-0.2, -0.15) is 5.26 Å². The average Bonchev–Trinajstić information content (AvgIpc) is 3.57. The Kier molecular flexibility index (Phi) is 14.4. The molecule has 9 nitrogen and oxygen atoms in total. The third-order valence-electron chi connectivity index (χ3n) is 10.2. The molecular formula is C37H63NO8. The summed E-state index contributed by atoms with van der Waals surface area (Å²) in [4.78, 5) is 47.3. The number of nitriles is 1. The summed E-state index contributed by atoms with van der Waals surface area (Å²) in [5.41, 5.74) is -2.19. The van der Waals surface area contributed by atoms with Crippen molar-refractivity contribution in [1.82, 2.24) is 0 Å². The first-order valence-electron chi connectivity index (χ1n) is 17.2. The summed E-state index contributed by atoms with van der Waals surface area (Å²) in [6.45, 7) is 29.4. The highest BCUT2D eigenvalue weighted by molar-refractivity contribution is 5.85. The van der Waals surface area contributed by atoms with Crippen LogP contribution in [-0.4, -0.2) is 48.3 Å². The fraction of sp³-hybridized carbons (Fsp3) is 0.865. The molecule has 3 rings (SSSR count). The number of nitrogens with zero attached hydrogens (tertiary/aromatic N) is 1. The third kappa shape index (κ3) is 9.47. The van der Waals surface area contributed by atoms with Crippen LogP contribution in [0.1, 0.15) is 136 Å². The van der Waals surface area contributed by atoms with E-state index in [9.17, 15) is 24.4 Å². The van der Waals surface area contributed by atoms with Crippen molar-refractivity contribution < 1.29 is 38.1 Å². The Labute approximate surface area is 278 Å². The Morgan fingerprint density at radius 1 is 0.826 bits per heavy atom.